The molecule has 1 aromatic heterocycles. The highest BCUT2D eigenvalue weighted by Gasteiger charge is 2.33. The number of thioether (sulfide) groups is 1. The van der Waals surface area contributed by atoms with E-state index < -0.39 is 23.6 Å². The van der Waals surface area contributed by atoms with Crippen LogP contribution in [0.1, 0.15) is 23.0 Å². The largest absolute Gasteiger partial charge is 0.461 e. The molecule has 0 bridgehead atoms. The molecule has 0 unspecified atom stereocenters. The van der Waals surface area contributed by atoms with E-state index in [1.165, 1.54) is 24.4 Å². The number of anilines is 1. The Hall–Kier alpha value is -2.49. The molecule has 134 valence electrons. The van der Waals surface area contributed by atoms with Crippen molar-refractivity contribution < 1.29 is 27.5 Å². The number of amides is 1. The summed E-state index contributed by atoms with van der Waals surface area (Å²) in [7, 11) is 0. The van der Waals surface area contributed by atoms with Gasteiger partial charge in [0.15, 0.2) is 5.16 Å². The number of para-hydroxylation sites is 1. The number of ether oxygens (including phenoxy) is 1. The van der Waals surface area contributed by atoms with E-state index >= 15 is 0 Å². The second-order valence-electron chi connectivity index (χ2n) is 4.70. The van der Waals surface area contributed by atoms with Crippen LogP contribution in [0.3, 0.4) is 0 Å². The van der Waals surface area contributed by atoms with Crippen LogP contribution >= 0.6 is 11.8 Å². The number of aromatic amines is 1. The number of aromatic nitrogens is 2. The highest BCUT2D eigenvalue weighted by molar-refractivity contribution is 7.99. The molecule has 25 heavy (non-hydrogen) atoms. The van der Waals surface area contributed by atoms with Gasteiger partial charge in [-0.2, -0.15) is 13.2 Å². The summed E-state index contributed by atoms with van der Waals surface area (Å²) in [6.45, 7) is 1.87. The summed E-state index contributed by atoms with van der Waals surface area (Å²) >= 11 is 0.950. The number of hydrogen-bond acceptors (Lipinski definition) is 5. The Morgan fingerprint density at radius 1 is 1.32 bits per heavy atom. The van der Waals surface area contributed by atoms with Gasteiger partial charge in [0.1, 0.15) is 5.69 Å². The summed E-state index contributed by atoms with van der Waals surface area (Å²) in [6.07, 6.45) is -3.30. The van der Waals surface area contributed by atoms with Crippen LogP contribution in [0.2, 0.25) is 0 Å². The highest BCUT2D eigenvalue weighted by Crippen LogP contribution is 2.34. The van der Waals surface area contributed by atoms with Gasteiger partial charge >= 0.3 is 12.1 Å². The smallest absolute Gasteiger partial charge is 0.418 e. The Morgan fingerprint density at radius 2 is 2.04 bits per heavy atom. The fourth-order valence-electron chi connectivity index (χ4n) is 1.85. The zero-order chi connectivity index (χ0) is 18.4. The van der Waals surface area contributed by atoms with Crippen molar-refractivity contribution in [1.29, 1.82) is 0 Å². The molecule has 0 aliphatic carbocycles. The normalized spacial score (nSPS) is 11.2. The molecule has 0 aliphatic rings. The van der Waals surface area contributed by atoms with Gasteiger partial charge in [-0.1, -0.05) is 23.9 Å². The van der Waals surface area contributed by atoms with Crippen molar-refractivity contribution in [3.8, 4) is 0 Å². The number of carbonyl (C=O) groups excluding carboxylic acids is 2. The van der Waals surface area contributed by atoms with Crippen LogP contribution in [0, 0.1) is 0 Å². The van der Waals surface area contributed by atoms with Crippen molar-refractivity contribution in [3.05, 3.63) is 41.7 Å². The molecular weight excluding hydrogens is 359 g/mol. The van der Waals surface area contributed by atoms with Crippen LogP contribution in [0.15, 0.2) is 35.6 Å². The van der Waals surface area contributed by atoms with Crippen LogP contribution in [0.4, 0.5) is 18.9 Å². The van der Waals surface area contributed by atoms with E-state index in [1.807, 2.05) is 0 Å². The molecule has 2 N–H and O–H groups in total. The summed E-state index contributed by atoms with van der Waals surface area (Å²) < 4.78 is 43.4. The van der Waals surface area contributed by atoms with E-state index in [0.717, 1.165) is 17.8 Å². The van der Waals surface area contributed by atoms with Gasteiger partial charge in [0.25, 0.3) is 0 Å². The third-order valence-corrected chi connectivity index (χ3v) is 3.78. The molecule has 0 aliphatic heterocycles. The van der Waals surface area contributed by atoms with Gasteiger partial charge in [-0.15, -0.1) is 0 Å². The lowest BCUT2D eigenvalue weighted by Crippen LogP contribution is -2.18. The van der Waals surface area contributed by atoms with E-state index in [0.29, 0.717) is 0 Å². The molecule has 0 saturated heterocycles. The number of alkyl halides is 3. The first-order valence-corrected chi connectivity index (χ1v) is 8.10. The van der Waals surface area contributed by atoms with Crippen LogP contribution in [-0.2, 0) is 15.7 Å². The molecule has 0 radical (unpaired) electrons. The van der Waals surface area contributed by atoms with Gasteiger partial charge in [-0.25, -0.2) is 9.78 Å². The van der Waals surface area contributed by atoms with E-state index in [-0.39, 0.29) is 28.9 Å². The van der Waals surface area contributed by atoms with Gasteiger partial charge in [-0.3, -0.25) is 4.79 Å². The van der Waals surface area contributed by atoms with Crippen molar-refractivity contribution in [2.24, 2.45) is 0 Å². The second kappa shape index (κ2) is 8.06. The number of nitrogens with one attached hydrogen (secondary N) is 2. The van der Waals surface area contributed by atoms with Crippen molar-refractivity contribution in [1.82, 2.24) is 9.97 Å². The van der Waals surface area contributed by atoms with E-state index in [9.17, 15) is 22.8 Å². The van der Waals surface area contributed by atoms with Crippen molar-refractivity contribution in [3.63, 3.8) is 0 Å². The quantitative estimate of drug-likeness (QED) is 0.599. The molecule has 2 aromatic rings. The van der Waals surface area contributed by atoms with E-state index in [2.05, 4.69) is 15.3 Å². The zero-order valence-corrected chi connectivity index (χ0v) is 13.8. The standard InChI is InChI=1S/C15H14F3N3O3S/c1-2-24-13(23)11-7-19-14(21-11)25-8-12(22)20-10-6-4-3-5-9(10)15(16,17)18/h3-7H,2,8H2,1H3,(H,19,21)(H,20,22). The monoisotopic (exact) mass is 373 g/mol. The molecule has 2 rings (SSSR count). The lowest BCUT2D eigenvalue weighted by atomic mass is 10.1. The fourth-order valence-corrected chi connectivity index (χ4v) is 2.50. The summed E-state index contributed by atoms with van der Waals surface area (Å²) in [5.74, 6) is -1.39. The third kappa shape index (κ3) is 5.24. The SMILES string of the molecule is CCOC(=O)c1cnc(SCC(=O)Nc2ccccc2C(F)(F)F)[nH]1. The van der Waals surface area contributed by atoms with Gasteiger partial charge in [0, 0.05) is 0 Å². The molecule has 0 spiro atoms. The molecule has 0 saturated carbocycles. The minimum Gasteiger partial charge on any atom is -0.461 e. The van der Waals surface area contributed by atoms with Crippen molar-refractivity contribution in [2.45, 2.75) is 18.3 Å². The Labute approximate surface area is 145 Å². The maximum Gasteiger partial charge on any atom is 0.418 e. The second-order valence-corrected chi connectivity index (χ2v) is 5.67. The maximum atomic E-state index is 12.9. The van der Waals surface area contributed by atoms with Crippen molar-refractivity contribution in [2.75, 3.05) is 17.7 Å². The van der Waals surface area contributed by atoms with Crippen LogP contribution in [0.25, 0.3) is 0 Å². The summed E-state index contributed by atoms with van der Waals surface area (Å²) in [5, 5.41) is 2.50. The average molecular weight is 373 g/mol. The van der Waals surface area contributed by atoms with Gasteiger partial charge in [-0.05, 0) is 19.1 Å². The Balaban J connectivity index is 1.95. The van der Waals surface area contributed by atoms with Gasteiger partial charge in [0.05, 0.1) is 29.8 Å². The first-order valence-electron chi connectivity index (χ1n) is 7.12. The molecule has 1 amide bonds. The molecule has 10 heteroatoms. The Kier molecular flexibility index (Phi) is 6.07. The Morgan fingerprint density at radius 3 is 2.72 bits per heavy atom. The van der Waals surface area contributed by atoms with E-state index in [4.69, 9.17) is 4.74 Å². The third-order valence-electron chi connectivity index (χ3n) is 2.89. The predicted octanol–water partition coefficient (Wildman–Crippen LogP) is 3.34. The number of carbonyl (C=O) groups is 2. The minimum atomic E-state index is -4.56. The minimum absolute atomic E-state index is 0.132. The number of rotatable bonds is 6. The van der Waals surface area contributed by atoms with Crippen LogP contribution in [-0.4, -0.2) is 34.2 Å². The maximum absolute atomic E-state index is 12.9. The number of halogens is 3. The zero-order valence-electron chi connectivity index (χ0n) is 13.0. The number of esters is 1. The predicted molar refractivity (Wildman–Crippen MR) is 85.3 cm³/mol. The molecule has 0 fully saturated rings. The van der Waals surface area contributed by atoms with Gasteiger partial charge < -0.3 is 15.0 Å². The van der Waals surface area contributed by atoms with E-state index in [1.54, 1.807) is 6.92 Å². The van der Waals surface area contributed by atoms with Crippen LogP contribution < -0.4 is 5.32 Å². The molecule has 0 atom stereocenters. The number of nitrogens with zero attached hydrogens (tertiary/aromatic N) is 1. The fraction of sp³-hybridized carbons (Fsp3) is 0.267. The number of hydrogen-bond donors (Lipinski definition) is 2. The topological polar surface area (TPSA) is 84.1 Å². The lowest BCUT2D eigenvalue weighted by molar-refractivity contribution is -0.137. The molecule has 1 heterocycles. The molecule has 6 nitrogen and oxygen atoms in total. The first-order chi connectivity index (χ1) is 11.8. The number of H-pyrrole nitrogens is 1. The number of benzene rings is 1. The summed E-state index contributed by atoms with van der Waals surface area (Å²) in [6, 6.07) is 4.71. The first kappa shape index (κ1) is 18.8. The average Bonchev–Trinajstić information content (AvgIpc) is 3.02. The Bertz CT molecular complexity index is 762. The summed E-state index contributed by atoms with van der Waals surface area (Å²) in [4.78, 5) is 29.9. The molecular formula is C15H14F3N3O3S. The number of imidazole rings is 1. The molecule has 1 aromatic carbocycles. The van der Waals surface area contributed by atoms with Crippen LogP contribution in [0.5, 0.6) is 0 Å². The summed E-state index contributed by atoms with van der Waals surface area (Å²) in [5.41, 5.74) is -1.10. The lowest BCUT2D eigenvalue weighted by Gasteiger charge is -2.13. The highest BCUT2D eigenvalue weighted by atomic mass is 32.2. The van der Waals surface area contributed by atoms with Gasteiger partial charge in [0.2, 0.25) is 5.91 Å². The van der Waals surface area contributed by atoms with Crippen molar-refractivity contribution >= 4 is 29.3 Å².